The first-order valence-corrected chi connectivity index (χ1v) is 9.59. The number of nitrogens with one attached hydrogen (secondary N) is 2. The van der Waals surface area contributed by atoms with Crippen LogP contribution in [0.3, 0.4) is 0 Å². The van der Waals surface area contributed by atoms with Crippen LogP contribution < -0.4 is 25.0 Å². The van der Waals surface area contributed by atoms with Crippen LogP contribution in [0.1, 0.15) is 15.9 Å². The van der Waals surface area contributed by atoms with Gasteiger partial charge in [-0.15, -0.1) is 0 Å². The molecule has 2 N–H and O–H groups in total. The lowest BCUT2D eigenvalue weighted by atomic mass is 10.2. The van der Waals surface area contributed by atoms with E-state index < -0.39 is 5.97 Å². The van der Waals surface area contributed by atoms with Gasteiger partial charge in [0.15, 0.2) is 11.5 Å². The van der Waals surface area contributed by atoms with Crippen molar-refractivity contribution in [2.45, 2.75) is 0 Å². The summed E-state index contributed by atoms with van der Waals surface area (Å²) in [6, 6.07) is 15.4. The Labute approximate surface area is 185 Å². The van der Waals surface area contributed by atoms with Crippen molar-refractivity contribution in [2.75, 3.05) is 26.1 Å². The Morgan fingerprint density at radius 3 is 2.53 bits per heavy atom. The Hall–Kier alpha value is -4.40. The molecule has 0 aliphatic heterocycles. The zero-order valence-electron chi connectivity index (χ0n) is 17.6. The molecule has 1 amide bonds. The van der Waals surface area contributed by atoms with E-state index in [1.807, 2.05) is 12.1 Å². The minimum Gasteiger partial charge on any atom is -0.497 e. The van der Waals surface area contributed by atoms with Gasteiger partial charge in [-0.3, -0.25) is 9.78 Å². The number of nitrogens with zero attached hydrogens (tertiary/aromatic N) is 2. The second-order valence-corrected chi connectivity index (χ2v) is 6.42. The lowest BCUT2D eigenvalue weighted by Crippen LogP contribution is -2.25. The molecule has 0 saturated heterocycles. The summed E-state index contributed by atoms with van der Waals surface area (Å²) in [5.74, 6) is 0.475. The molecule has 2 aromatic carbocycles. The Kier molecular flexibility index (Phi) is 7.74. The van der Waals surface area contributed by atoms with Crippen LogP contribution in [0.4, 0.5) is 5.69 Å². The van der Waals surface area contributed by atoms with E-state index in [1.165, 1.54) is 19.5 Å². The van der Waals surface area contributed by atoms with Gasteiger partial charge in [0.05, 0.1) is 32.5 Å². The van der Waals surface area contributed by atoms with Gasteiger partial charge in [0.1, 0.15) is 5.75 Å². The van der Waals surface area contributed by atoms with Crippen LogP contribution in [0.2, 0.25) is 0 Å². The van der Waals surface area contributed by atoms with Crippen molar-refractivity contribution in [1.29, 1.82) is 0 Å². The van der Waals surface area contributed by atoms with Crippen molar-refractivity contribution >= 4 is 23.8 Å². The minimum atomic E-state index is -0.547. The zero-order valence-corrected chi connectivity index (χ0v) is 17.6. The molecule has 0 saturated carbocycles. The number of hydrogen-bond acceptors (Lipinski definition) is 8. The van der Waals surface area contributed by atoms with Crippen LogP contribution in [0.15, 0.2) is 72.1 Å². The van der Waals surface area contributed by atoms with E-state index >= 15 is 0 Å². The third-order valence-electron chi connectivity index (χ3n) is 4.23. The molecular formula is C23H22N4O5. The first kappa shape index (κ1) is 22.3. The van der Waals surface area contributed by atoms with E-state index in [0.717, 1.165) is 11.4 Å². The smallest absolute Gasteiger partial charge is 0.345 e. The van der Waals surface area contributed by atoms with E-state index in [1.54, 1.807) is 55.8 Å². The Morgan fingerprint density at radius 2 is 1.84 bits per heavy atom. The number of hydrazone groups is 1. The fraction of sp³-hybridized carbons (Fsp3) is 0.130. The van der Waals surface area contributed by atoms with Crippen molar-refractivity contribution in [1.82, 2.24) is 10.4 Å². The lowest BCUT2D eigenvalue weighted by molar-refractivity contribution is -0.119. The number of carbonyl (C=O) groups excluding carboxylic acids is 2. The number of ether oxygens (including phenoxy) is 3. The summed E-state index contributed by atoms with van der Waals surface area (Å²) in [7, 11) is 3.05. The number of anilines is 1. The fourth-order valence-corrected chi connectivity index (χ4v) is 2.60. The van der Waals surface area contributed by atoms with Gasteiger partial charge in [-0.2, -0.15) is 5.10 Å². The molecule has 9 nitrogen and oxygen atoms in total. The van der Waals surface area contributed by atoms with Gasteiger partial charge < -0.3 is 19.5 Å². The van der Waals surface area contributed by atoms with Crippen LogP contribution in [0, 0.1) is 0 Å². The average Bonchev–Trinajstić information content (AvgIpc) is 2.84. The highest BCUT2D eigenvalue weighted by Crippen LogP contribution is 2.28. The molecule has 0 unspecified atom stereocenters. The monoisotopic (exact) mass is 434 g/mol. The minimum absolute atomic E-state index is 0.0518. The van der Waals surface area contributed by atoms with Gasteiger partial charge in [-0.05, 0) is 60.2 Å². The average molecular weight is 434 g/mol. The number of esters is 1. The normalized spacial score (nSPS) is 10.4. The number of benzene rings is 2. The topological polar surface area (TPSA) is 111 Å². The zero-order chi connectivity index (χ0) is 22.8. The number of carbonyl (C=O) groups is 2. The summed E-state index contributed by atoms with van der Waals surface area (Å²) in [5.41, 5.74) is 4.19. The van der Waals surface area contributed by atoms with E-state index in [2.05, 4.69) is 20.8 Å². The number of pyridine rings is 1. The third-order valence-corrected chi connectivity index (χ3v) is 4.23. The molecule has 0 fully saturated rings. The van der Waals surface area contributed by atoms with Crippen molar-refractivity contribution in [3.05, 3.63) is 78.1 Å². The summed E-state index contributed by atoms with van der Waals surface area (Å²) in [6.45, 7) is 0.0518. The van der Waals surface area contributed by atoms with Crippen LogP contribution in [-0.4, -0.2) is 43.8 Å². The first-order chi connectivity index (χ1) is 15.6. The number of methoxy groups -OCH3 is 2. The second kappa shape index (κ2) is 11.1. The van der Waals surface area contributed by atoms with Gasteiger partial charge in [0.25, 0.3) is 5.91 Å². The number of amides is 1. The van der Waals surface area contributed by atoms with E-state index in [-0.39, 0.29) is 18.2 Å². The number of rotatable bonds is 9. The standard InChI is InChI=1S/C23H22N4O5/c1-30-19-8-6-18(7-9-19)25-15-22(28)27-26-13-16-5-10-20(21(12-16)31-2)32-23(29)17-4-3-11-24-14-17/h3-14,25H,15H2,1-2H3,(H,27,28)/b26-13+. The maximum absolute atomic E-state index is 12.2. The van der Waals surface area contributed by atoms with Gasteiger partial charge >= 0.3 is 5.97 Å². The summed E-state index contributed by atoms with van der Waals surface area (Å²) < 4.78 is 15.8. The number of aromatic nitrogens is 1. The SMILES string of the molecule is COc1ccc(NCC(=O)N/N=C/c2ccc(OC(=O)c3cccnc3)c(OC)c2)cc1. The van der Waals surface area contributed by atoms with Crippen LogP contribution in [0.5, 0.6) is 17.2 Å². The molecule has 3 rings (SSSR count). The van der Waals surface area contributed by atoms with E-state index in [0.29, 0.717) is 16.9 Å². The molecular weight excluding hydrogens is 412 g/mol. The highest BCUT2D eigenvalue weighted by atomic mass is 16.6. The summed E-state index contributed by atoms with van der Waals surface area (Å²) in [5, 5.41) is 6.93. The van der Waals surface area contributed by atoms with Gasteiger partial charge in [-0.1, -0.05) is 0 Å². The molecule has 0 spiro atoms. The molecule has 1 aromatic heterocycles. The predicted octanol–water partition coefficient (Wildman–Crippen LogP) is 2.88. The van der Waals surface area contributed by atoms with Crippen molar-refractivity contribution in [3.63, 3.8) is 0 Å². The maximum Gasteiger partial charge on any atom is 0.345 e. The van der Waals surface area contributed by atoms with Crippen LogP contribution >= 0.6 is 0 Å². The predicted molar refractivity (Wildman–Crippen MR) is 119 cm³/mol. The molecule has 1 heterocycles. The number of hydrogen-bond donors (Lipinski definition) is 2. The van der Waals surface area contributed by atoms with Crippen molar-refractivity contribution in [3.8, 4) is 17.2 Å². The molecule has 0 aliphatic carbocycles. The van der Waals surface area contributed by atoms with Gasteiger partial charge in [-0.25, -0.2) is 10.2 Å². The largest absolute Gasteiger partial charge is 0.497 e. The lowest BCUT2D eigenvalue weighted by Gasteiger charge is -2.10. The molecule has 0 bridgehead atoms. The van der Waals surface area contributed by atoms with Crippen molar-refractivity contribution in [2.24, 2.45) is 5.10 Å². The maximum atomic E-state index is 12.2. The molecule has 32 heavy (non-hydrogen) atoms. The molecule has 9 heteroatoms. The quantitative estimate of drug-likeness (QED) is 0.231. The van der Waals surface area contributed by atoms with E-state index in [9.17, 15) is 9.59 Å². The third kappa shape index (κ3) is 6.30. The molecule has 3 aromatic rings. The molecule has 0 radical (unpaired) electrons. The molecule has 0 atom stereocenters. The first-order valence-electron chi connectivity index (χ1n) is 9.59. The Bertz CT molecular complexity index is 1090. The Morgan fingerprint density at radius 1 is 1.03 bits per heavy atom. The molecule has 0 aliphatic rings. The summed E-state index contributed by atoms with van der Waals surface area (Å²) >= 11 is 0. The fourth-order valence-electron chi connectivity index (χ4n) is 2.60. The van der Waals surface area contributed by atoms with Crippen molar-refractivity contribution < 1.29 is 23.8 Å². The van der Waals surface area contributed by atoms with Crippen LogP contribution in [0.25, 0.3) is 0 Å². The highest BCUT2D eigenvalue weighted by Gasteiger charge is 2.12. The van der Waals surface area contributed by atoms with Crippen LogP contribution in [-0.2, 0) is 4.79 Å². The second-order valence-electron chi connectivity index (χ2n) is 6.42. The Balaban J connectivity index is 1.53. The van der Waals surface area contributed by atoms with E-state index in [4.69, 9.17) is 14.2 Å². The summed E-state index contributed by atoms with van der Waals surface area (Å²) in [6.07, 6.45) is 4.45. The highest BCUT2D eigenvalue weighted by molar-refractivity contribution is 5.91. The molecule has 164 valence electrons. The van der Waals surface area contributed by atoms with Gasteiger partial charge in [0.2, 0.25) is 0 Å². The van der Waals surface area contributed by atoms with Gasteiger partial charge in [0, 0.05) is 18.1 Å². The summed E-state index contributed by atoms with van der Waals surface area (Å²) in [4.78, 5) is 28.1.